The van der Waals surface area contributed by atoms with Gasteiger partial charge in [0.25, 0.3) is 0 Å². The van der Waals surface area contributed by atoms with Gasteiger partial charge in [-0.3, -0.25) is 4.57 Å². The number of aryl methyl sites for hydroxylation is 1. The van der Waals surface area contributed by atoms with Crippen LogP contribution in [0.1, 0.15) is 29.7 Å². The van der Waals surface area contributed by atoms with E-state index in [1.165, 1.54) is 11.6 Å². The van der Waals surface area contributed by atoms with E-state index in [1.54, 1.807) is 6.07 Å². The Morgan fingerprint density at radius 2 is 1.71 bits per heavy atom. The fraction of sp³-hybridized carbons (Fsp3) is 0.125. The molecule has 28 heavy (non-hydrogen) atoms. The van der Waals surface area contributed by atoms with E-state index in [0.717, 1.165) is 34.7 Å². The maximum absolute atomic E-state index is 14.7. The zero-order valence-electron chi connectivity index (χ0n) is 15.6. The molecule has 0 saturated carbocycles. The van der Waals surface area contributed by atoms with Gasteiger partial charge in [-0.2, -0.15) is 0 Å². The Balaban J connectivity index is 1.70. The van der Waals surface area contributed by atoms with E-state index >= 15 is 0 Å². The molecule has 3 aromatic carbocycles. The predicted octanol–water partition coefficient (Wildman–Crippen LogP) is 5.79. The second-order valence-electron chi connectivity index (χ2n) is 7.02. The lowest BCUT2D eigenvalue weighted by Crippen LogP contribution is -2.20. The highest BCUT2D eigenvalue weighted by Gasteiger charge is 2.26. The third kappa shape index (κ3) is 2.69. The van der Waals surface area contributed by atoms with Crippen molar-refractivity contribution in [1.29, 1.82) is 0 Å². The first-order valence-corrected chi connectivity index (χ1v) is 9.54. The van der Waals surface area contributed by atoms with Gasteiger partial charge in [-0.1, -0.05) is 61.5 Å². The van der Waals surface area contributed by atoms with Gasteiger partial charge < -0.3 is 5.32 Å². The van der Waals surface area contributed by atoms with Crippen molar-refractivity contribution < 1.29 is 4.39 Å². The summed E-state index contributed by atoms with van der Waals surface area (Å²) in [5, 5.41) is 3.45. The van der Waals surface area contributed by atoms with Gasteiger partial charge >= 0.3 is 0 Å². The molecule has 1 aliphatic heterocycles. The quantitative estimate of drug-likeness (QED) is 0.495. The van der Waals surface area contributed by atoms with Gasteiger partial charge in [0.15, 0.2) is 0 Å². The number of aromatic nitrogens is 2. The summed E-state index contributed by atoms with van der Waals surface area (Å²) in [6.45, 7) is 2.14. The molecule has 3 nitrogen and oxygen atoms in total. The molecule has 1 aliphatic rings. The normalized spacial score (nSPS) is 15.8. The lowest BCUT2D eigenvalue weighted by atomic mass is 10.00. The molecule has 5 rings (SSSR count). The van der Waals surface area contributed by atoms with Crippen LogP contribution in [0.25, 0.3) is 16.7 Å². The number of nitrogens with one attached hydrogen (secondary N) is 1. The Morgan fingerprint density at radius 1 is 0.964 bits per heavy atom. The zero-order chi connectivity index (χ0) is 19.1. The van der Waals surface area contributed by atoms with Crippen LogP contribution in [0.5, 0.6) is 0 Å². The highest BCUT2D eigenvalue weighted by Crippen LogP contribution is 2.37. The molecule has 1 aromatic heterocycles. The molecule has 0 spiro atoms. The summed E-state index contributed by atoms with van der Waals surface area (Å²) < 4.78 is 16.8. The number of halogens is 1. The molecule has 4 heteroatoms. The third-order valence-electron chi connectivity index (χ3n) is 5.34. The summed E-state index contributed by atoms with van der Waals surface area (Å²) in [5.41, 5.74) is 5.81. The molecule has 0 saturated heterocycles. The first-order valence-electron chi connectivity index (χ1n) is 9.54. The Kier molecular flexibility index (Phi) is 3.97. The molecule has 0 fully saturated rings. The molecule has 0 aliphatic carbocycles. The fourth-order valence-electron chi connectivity index (χ4n) is 3.84. The van der Waals surface area contributed by atoms with E-state index in [4.69, 9.17) is 4.98 Å². The van der Waals surface area contributed by atoms with Crippen molar-refractivity contribution in [2.75, 3.05) is 5.32 Å². The molecule has 0 amide bonds. The van der Waals surface area contributed by atoms with Gasteiger partial charge in [0.05, 0.1) is 17.1 Å². The van der Waals surface area contributed by atoms with Crippen LogP contribution in [0, 0.1) is 5.82 Å². The van der Waals surface area contributed by atoms with E-state index in [9.17, 15) is 4.39 Å². The SMILES string of the molecule is CCc1ccc(C2=C[C@@H](c3ccccc3F)n3c(nc4ccccc43)N2)cc1. The van der Waals surface area contributed by atoms with Crippen molar-refractivity contribution in [2.24, 2.45) is 0 Å². The lowest BCUT2D eigenvalue weighted by molar-refractivity contribution is 0.583. The topological polar surface area (TPSA) is 29.9 Å². The molecule has 0 unspecified atom stereocenters. The van der Waals surface area contributed by atoms with Gasteiger partial charge in [0.1, 0.15) is 5.82 Å². The number of hydrogen-bond acceptors (Lipinski definition) is 2. The smallest absolute Gasteiger partial charge is 0.209 e. The van der Waals surface area contributed by atoms with E-state index in [0.29, 0.717) is 5.56 Å². The first-order chi connectivity index (χ1) is 13.7. The maximum atomic E-state index is 14.7. The Labute approximate surface area is 163 Å². The van der Waals surface area contributed by atoms with Crippen molar-refractivity contribution in [3.63, 3.8) is 0 Å². The minimum absolute atomic E-state index is 0.213. The molecule has 4 aromatic rings. The number of para-hydroxylation sites is 2. The third-order valence-corrected chi connectivity index (χ3v) is 5.34. The van der Waals surface area contributed by atoms with Crippen LogP contribution in [-0.4, -0.2) is 9.55 Å². The second kappa shape index (κ2) is 6.64. The summed E-state index contributed by atoms with van der Waals surface area (Å²) in [6.07, 6.45) is 3.08. The summed E-state index contributed by atoms with van der Waals surface area (Å²) in [6, 6.07) is 23.1. The van der Waals surface area contributed by atoms with Gasteiger partial charge in [0, 0.05) is 11.3 Å². The Morgan fingerprint density at radius 3 is 2.50 bits per heavy atom. The molecule has 2 heterocycles. The molecule has 1 N–H and O–H groups in total. The van der Waals surface area contributed by atoms with Crippen LogP contribution in [0.4, 0.5) is 10.3 Å². The van der Waals surface area contributed by atoms with E-state index in [1.807, 2.05) is 36.4 Å². The summed E-state index contributed by atoms with van der Waals surface area (Å²) in [5.74, 6) is 0.515. The number of hydrogen-bond donors (Lipinski definition) is 1. The van der Waals surface area contributed by atoms with Crippen LogP contribution in [0.3, 0.4) is 0 Å². The summed E-state index contributed by atoms with van der Waals surface area (Å²) in [7, 11) is 0. The number of anilines is 1. The number of imidazole rings is 1. The fourth-order valence-corrected chi connectivity index (χ4v) is 3.84. The van der Waals surface area contributed by atoms with Crippen LogP contribution in [0.15, 0.2) is 78.9 Å². The molecule has 0 bridgehead atoms. The van der Waals surface area contributed by atoms with E-state index in [2.05, 4.69) is 47.1 Å². The first kappa shape index (κ1) is 16.8. The van der Waals surface area contributed by atoms with Gasteiger partial charge in [-0.15, -0.1) is 0 Å². The maximum Gasteiger partial charge on any atom is 0.209 e. The second-order valence-corrected chi connectivity index (χ2v) is 7.02. The van der Waals surface area contributed by atoms with Crippen molar-refractivity contribution in [2.45, 2.75) is 19.4 Å². The number of nitrogens with zero attached hydrogens (tertiary/aromatic N) is 2. The van der Waals surface area contributed by atoms with Crippen molar-refractivity contribution >= 4 is 22.7 Å². The van der Waals surface area contributed by atoms with E-state index in [-0.39, 0.29) is 11.9 Å². The highest BCUT2D eigenvalue weighted by atomic mass is 19.1. The monoisotopic (exact) mass is 369 g/mol. The Hall–Kier alpha value is -3.40. The molecule has 138 valence electrons. The van der Waals surface area contributed by atoms with E-state index < -0.39 is 0 Å². The molecule has 0 radical (unpaired) electrons. The van der Waals surface area contributed by atoms with Crippen molar-refractivity contribution in [1.82, 2.24) is 9.55 Å². The number of allylic oxidation sites excluding steroid dienone is 1. The number of fused-ring (bicyclic) bond motifs is 3. The molecular weight excluding hydrogens is 349 g/mol. The standard InChI is InChI=1S/C24H20FN3/c1-2-16-11-13-17(14-12-16)21-15-23(18-7-3-4-8-19(18)25)28-22-10-6-5-9-20(22)26-24(28)27-21/h3-15,23H,2H2,1H3,(H,26,27)/t23-/m0/s1. The minimum Gasteiger partial charge on any atom is -0.325 e. The minimum atomic E-state index is -0.272. The molecular formula is C24H20FN3. The zero-order valence-corrected chi connectivity index (χ0v) is 15.6. The largest absolute Gasteiger partial charge is 0.325 e. The highest BCUT2D eigenvalue weighted by molar-refractivity contribution is 5.85. The van der Waals surface area contributed by atoms with Gasteiger partial charge in [0.2, 0.25) is 5.95 Å². The van der Waals surface area contributed by atoms with Crippen LogP contribution in [-0.2, 0) is 6.42 Å². The summed E-state index contributed by atoms with van der Waals surface area (Å²) in [4.78, 5) is 4.76. The Bertz CT molecular complexity index is 1190. The van der Waals surface area contributed by atoms with Gasteiger partial charge in [-0.05, 0) is 41.8 Å². The van der Waals surface area contributed by atoms with Crippen LogP contribution in [0.2, 0.25) is 0 Å². The van der Waals surface area contributed by atoms with Crippen LogP contribution < -0.4 is 5.32 Å². The summed E-state index contributed by atoms with van der Waals surface area (Å²) >= 11 is 0. The van der Waals surface area contributed by atoms with Crippen molar-refractivity contribution in [3.8, 4) is 0 Å². The van der Waals surface area contributed by atoms with Crippen LogP contribution >= 0.6 is 0 Å². The lowest BCUT2D eigenvalue weighted by Gasteiger charge is -2.27. The van der Waals surface area contributed by atoms with Gasteiger partial charge in [-0.25, -0.2) is 9.37 Å². The molecule has 1 atom stereocenters. The number of rotatable bonds is 3. The average molecular weight is 369 g/mol. The average Bonchev–Trinajstić information content (AvgIpc) is 3.12. The number of benzene rings is 3. The predicted molar refractivity (Wildman–Crippen MR) is 112 cm³/mol. The van der Waals surface area contributed by atoms with Crippen molar-refractivity contribution in [3.05, 3.63) is 101 Å².